The molecule has 0 aliphatic carbocycles. The van der Waals surface area contributed by atoms with E-state index in [1.807, 2.05) is 30.3 Å². The number of benzene rings is 1. The zero-order chi connectivity index (χ0) is 12.7. The van der Waals surface area contributed by atoms with Gasteiger partial charge < -0.3 is 9.47 Å². The van der Waals surface area contributed by atoms with Crippen LogP contribution in [0.25, 0.3) is 6.08 Å². The third-order valence-corrected chi connectivity index (χ3v) is 1.99. The number of carbonyl (C=O) groups is 2. The zero-order valence-corrected chi connectivity index (χ0v) is 9.75. The van der Waals surface area contributed by atoms with E-state index in [1.54, 1.807) is 6.08 Å². The second-order valence-electron chi connectivity index (χ2n) is 3.32. The molecule has 90 valence electrons. The summed E-state index contributed by atoms with van der Waals surface area (Å²) in [5, 5.41) is 0. The zero-order valence-electron chi connectivity index (χ0n) is 9.75. The summed E-state index contributed by atoms with van der Waals surface area (Å²) in [5.74, 6) is -1.13. The predicted octanol–water partition coefficient (Wildman–Crippen LogP) is 1.80. The quantitative estimate of drug-likeness (QED) is 0.745. The Kier molecular flexibility index (Phi) is 4.94. The van der Waals surface area contributed by atoms with E-state index in [9.17, 15) is 9.59 Å². The molecule has 4 nitrogen and oxygen atoms in total. The molecule has 1 aromatic carbocycles. The molecule has 0 saturated carbocycles. The summed E-state index contributed by atoms with van der Waals surface area (Å²) in [4.78, 5) is 22.1. The van der Waals surface area contributed by atoms with Crippen molar-refractivity contribution in [2.24, 2.45) is 0 Å². The fraction of sp³-hybridized carbons (Fsp3) is 0.231. The Hall–Kier alpha value is -2.10. The van der Waals surface area contributed by atoms with Crippen LogP contribution in [-0.4, -0.2) is 25.2 Å². The van der Waals surface area contributed by atoms with Crippen LogP contribution in [0.15, 0.2) is 36.4 Å². The van der Waals surface area contributed by atoms with Crippen LogP contribution in [0.2, 0.25) is 0 Å². The maximum absolute atomic E-state index is 11.3. The molecule has 1 rings (SSSR count). The van der Waals surface area contributed by atoms with Gasteiger partial charge in [-0.3, -0.25) is 4.79 Å². The van der Waals surface area contributed by atoms with Crippen molar-refractivity contribution in [3.63, 3.8) is 0 Å². The first-order valence-corrected chi connectivity index (χ1v) is 5.12. The van der Waals surface area contributed by atoms with Crippen LogP contribution < -0.4 is 0 Å². The Balaban J connectivity index is 2.75. The molecule has 0 bridgehead atoms. The third kappa shape index (κ3) is 4.51. The first kappa shape index (κ1) is 13.0. The molecule has 0 heterocycles. The predicted molar refractivity (Wildman–Crippen MR) is 63.0 cm³/mol. The average molecular weight is 234 g/mol. The van der Waals surface area contributed by atoms with Crippen LogP contribution in [-0.2, 0) is 19.1 Å². The van der Waals surface area contributed by atoms with E-state index in [2.05, 4.69) is 4.74 Å². The third-order valence-electron chi connectivity index (χ3n) is 1.99. The molecule has 1 atom stereocenters. The normalized spacial score (nSPS) is 12.1. The molecule has 4 heteroatoms. The fourth-order valence-corrected chi connectivity index (χ4v) is 1.22. The lowest BCUT2D eigenvalue weighted by molar-refractivity contribution is -0.161. The number of hydrogen-bond acceptors (Lipinski definition) is 4. The molecule has 0 aliphatic heterocycles. The van der Waals surface area contributed by atoms with Crippen molar-refractivity contribution < 1.29 is 19.1 Å². The largest absolute Gasteiger partial charge is 0.466 e. The van der Waals surface area contributed by atoms with Gasteiger partial charge in [0.05, 0.1) is 7.11 Å². The Labute approximate surface area is 99.8 Å². The van der Waals surface area contributed by atoms with Gasteiger partial charge in [0.1, 0.15) is 0 Å². The standard InChI is InChI=1S/C13H14O4/c1-10(14)17-12(13(15)16-2)9-8-11-6-4-3-5-7-11/h3-9,12H,1-2H3/b9-8+. The second kappa shape index (κ2) is 6.48. The van der Waals surface area contributed by atoms with E-state index >= 15 is 0 Å². The summed E-state index contributed by atoms with van der Waals surface area (Å²) in [6, 6.07) is 9.38. The molecular weight excluding hydrogens is 220 g/mol. The van der Waals surface area contributed by atoms with Gasteiger partial charge in [0.15, 0.2) is 0 Å². The minimum Gasteiger partial charge on any atom is -0.466 e. The number of rotatable bonds is 4. The van der Waals surface area contributed by atoms with Gasteiger partial charge in [-0.25, -0.2) is 4.79 Å². The lowest BCUT2D eigenvalue weighted by atomic mass is 10.2. The number of ether oxygens (including phenoxy) is 2. The molecule has 0 fully saturated rings. The number of methoxy groups -OCH3 is 1. The Morgan fingerprint density at radius 2 is 1.88 bits per heavy atom. The maximum Gasteiger partial charge on any atom is 0.351 e. The van der Waals surface area contributed by atoms with Gasteiger partial charge >= 0.3 is 11.9 Å². The molecule has 0 radical (unpaired) electrons. The van der Waals surface area contributed by atoms with Gasteiger partial charge in [-0.05, 0) is 11.6 Å². The van der Waals surface area contributed by atoms with Crippen LogP contribution in [0.4, 0.5) is 0 Å². The van der Waals surface area contributed by atoms with Crippen molar-refractivity contribution in [3.05, 3.63) is 42.0 Å². The van der Waals surface area contributed by atoms with Crippen LogP contribution in [0.3, 0.4) is 0 Å². The minimum absolute atomic E-state index is 0.530. The monoisotopic (exact) mass is 234 g/mol. The topological polar surface area (TPSA) is 52.6 Å². The van der Waals surface area contributed by atoms with Crippen molar-refractivity contribution >= 4 is 18.0 Å². The summed E-state index contributed by atoms with van der Waals surface area (Å²) < 4.78 is 9.36. The van der Waals surface area contributed by atoms with Gasteiger partial charge in [0.2, 0.25) is 6.10 Å². The molecule has 0 spiro atoms. The first-order chi connectivity index (χ1) is 8.13. The molecular formula is C13H14O4. The molecule has 17 heavy (non-hydrogen) atoms. The van der Waals surface area contributed by atoms with Crippen molar-refractivity contribution in [2.45, 2.75) is 13.0 Å². The summed E-state index contributed by atoms with van der Waals surface area (Å²) >= 11 is 0. The Bertz CT molecular complexity index is 409. The molecule has 1 unspecified atom stereocenters. The summed E-state index contributed by atoms with van der Waals surface area (Å²) in [6.07, 6.45) is 2.19. The van der Waals surface area contributed by atoms with Gasteiger partial charge in [-0.1, -0.05) is 36.4 Å². The van der Waals surface area contributed by atoms with E-state index in [0.717, 1.165) is 5.56 Å². The highest BCUT2D eigenvalue weighted by Gasteiger charge is 2.18. The summed E-state index contributed by atoms with van der Waals surface area (Å²) in [6.45, 7) is 1.24. The van der Waals surface area contributed by atoms with Gasteiger partial charge in [0, 0.05) is 6.92 Å². The highest BCUT2D eigenvalue weighted by Crippen LogP contribution is 2.05. The highest BCUT2D eigenvalue weighted by molar-refractivity contribution is 5.81. The lowest BCUT2D eigenvalue weighted by Gasteiger charge is -2.10. The van der Waals surface area contributed by atoms with Crippen molar-refractivity contribution in [2.75, 3.05) is 7.11 Å². The van der Waals surface area contributed by atoms with Crippen molar-refractivity contribution in [1.82, 2.24) is 0 Å². The minimum atomic E-state index is -1.00. The van der Waals surface area contributed by atoms with Crippen LogP contribution in [0.5, 0.6) is 0 Å². The van der Waals surface area contributed by atoms with Gasteiger partial charge in [-0.15, -0.1) is 0 Å². The SMILES string of the molecule is COC(=O)C(/C=C/c1ccccc1)OC(C)=O. The number of esters is 2. The average Bonchev–Trinajstić information content (AvgIpc) is 2.34. The van der Waals surface area contributed by atoms with Crippen molar-refractivity contribution in [3.8, 4) is 0 Å². The van der Waals surface area contributed by atoms with Gasteiger partial charge in [0.25, 0.3) is 0 Å². The summed E-state index contributed by atoms with van der Waals surface area (Å²) in [5.41, 5.74) is 0.911. The van der Waals surface area contributed by atoms with Crippen LogP contribution >= 0.6 is 0 Å². The van der Waals surface area contributed by atoms with E-state index in [4.69, 9.17) is 4.74 Å². The maximum atomic E-state index is 11.3. The number of hydrogen-bond donors (Lipinski definition) is 0. The van der Waals surface area contributed by atoms with Crippen LogP contribution in [0.1, 0.15) is 12.5 Å². The molecule has 1 aromatic rings. The fourth-order valence-electron chi connectivity index (χ4n) is 1.22. The molecule has 0 amide bonds. The van der Waals surface area contributed by atoms with Gasteiger partial charge in [-0.2, -0.15) is 0 Å². The van der Waals surface area contributed by atoms with Crippen LogP contribution in [0, 0.1) is 0 Å². The molecule has 0 aliphatic rings. The Morgan fingerprint density at radius 3 is 2.41 bits per heavy atom. The van der Waals surface area contributed by atoms with Crippen molar-refractivity contribution in [1.29, 1.82) is 0 Å². The molecule has 0 aromatic heterocycles. The van der Waals surface area contributed by atoms with E-state index < -0.39 is 18.0 Å². The number of carbonyl (C=O) groups excluding carboxylic acids is 2. The second-order valence-corrected chi connectivity index (χ2v) is 3.32. The van der Waals surface area contributed by atoms with E-state index in [0.29, 0.717) is 0 Å². The lowest BCUT2D eigenvalue weighted by Crippen LogP contribution is -2.25. The van der Waals surface area contributed by atoms with E-state index in [1.165, 1.54) is 20.1 Å². The summed E-state index contributed by atoms with van der Waals surface area (Å²) in [7, 11) is 1.25. The first-order valence-electron chi connectivity index (χ1n) is 5.12. The Morgan fingerprint density at radius 1 is 1.24 bits per heavy atom. The highest BCUT2D eigenvalue weighted by atomic mass is 16.6. The van der Waals surface area contributed by atoms with E-state index in [-0.39, 0.29) is 0 Å². The smallest absolute Gasteiger partial charge is 0.351 e. The molecule has 0 N–H and O–H groups in total. The molecule has 0 saturated heterocycles.